The number of rotatable bonds is 3. The average Bonchev–Trinajstić information content (AvgIpc) is 2.41. The van der Waals surface area contributed by atoms with Gasteiger partial charge in [-0.3, -0.25) is 9.78 Å². The highest BCUT2D eigenvalue weighted by Crippen LogP contribution is 2.19. The van der Waals surface area contributed by atoms with Crippen molar-refractivity contribution in [1.82, 2.24) is 9.88 Å². The van der Waals surface area contributed by atoms with Gasteiger partial charge in [-0.1, -0.05) is 6.07 Å². The van der Waals surface area contributed by atoms with Crippen molar-refractivity contribution in [3.05, 3.63) is 29.6 Å². The molecule has 2 unspecified atom stereocenters. The van der Waals surface area contributed by atoms with Crippen LogP contribution in [0.5, 0.6) is 0 Å². The Balaban J connectivity index is 1.98. The summed E-state index contributed by atoms with van der Waals surface area (Å²) in [5.41, 5.74) is 7.92. The lowest BCUT2D eigenvalue weighted by Gasteiger charge is -2.34. The molecule has 104 valence electrons. The summed E-state index contributed by atoms with van der Waals surface area (Å²) in [5.74, 6) is 0.606. The van der Waals surface area contributed by atoms with E-state index < -0.39 is 0 Å². The molecule has 0 radical (unpaired) electrons. The zero-order valence-electron chi connectivity index (χ0n) is 11.8. The van der Waals surface area contributed by atoms with E-state index in [0.717, 1.165) is 37.2 Å². The van der Waals surface area contributed by atoms with E-state index in [4.69, 9.17) is 5.73 Å². The second kappa shape index (κ2) is 6.15. The summed E-state index contributed by atoms with van der Waals surface area (Å²) in [6.45, 7) is 5.68. The second-order valence-electron chi connectivity index (χ2n) is 5.54. The first-order valence-electron chi connectivity index (χ1n) is 7.01. The molecule has 2 rings (SSSR count). The number of likely N-dealkylation sites (tertiary alicyclic amines) is 1. The number of carbonyl (C=O) groups excluding carboxylic acids is 1. The first kappa shape index (κ1) is 14.0. The zero-order chi connectivity index (χ0) is 13.8. The van der Waals surface area contributed by atoms with Crippen molar-refractivity contribution in [2.75, 3.05) is 13.1 Å². The van der Waals surface area contributed by atoms with Gasteiger partial charge in [0.05, 0.1) is 12.1 Å². The molecule has 0 saturated carbocycles. The molecule has 19 heavy (non-hydrogen) atoms. The lowest BCUT2D eigenvalue weighted by atomic mass is 9.92. The maximum absolute atomic E-state index is 12.3. The van der Waals surface area contributed by atoms with Crippen LogP contribution in [0.1, 0.15) is 31.0 Å². The molecule has 1 aromatic rings. The molecular weight excluding hydrogens is 238 g/mol. The van der Waals surface area contributed by atoms with Crippen LogP contribution in [-0.2, 0) is 11.2 Å². The van der Waals surface area contributed by atoms with E-state index in [1.54, 1.807) is 6.20 Å². The SMILES string of the molecule is Cc1cccnc1CC(=O)N1CCCC(C(C)N)C1. The molecule has 2 atom stereocenters. The Bertz CT molecular complexity index is 445. The van der Waals surface area contributed by atoms with Crippen molar-refractivity contribution in [2.24, 2.45) is 11.7 Å². The summed E-state index contributed by atoms with van der Waals surface area (Å²) in [7, 11) is 0. The number of nitrogens with two attached hydrogens (primary N) is 1. The smallest absolute Gasteiger partial charge is 0.228 e. The molecule has 0 aliphatic carbocycles. The highest BCUT2D eigenvalue weighted by molar-refractivity contribution is 5.78. The molecule has 1 fully saturated rings. The number of amides is 1. The molecule has 1 aromatic heterocycles. The molecule has 2 N–H and O–H groups in total. The summed E-state index contributed by atoms with van der Waals surface area (Å²) in [6.07, 6.45) is 4.33. The lowest BCUT2D eigenvalue weighted by Crippen LogP contribution is -2.45. The predicted molar refractivity (Wildman–Crippen MR) is 75.6 cm³/mol. The monoisotopic (exact) mass is 261 g/mol. The van der Waals surface area contributed by atoms with Crippen LogP contribution in [0.3, 0.4) is 0 Å². The van der Waals surface area contributed by atoms with Gasteiger partial charge in [-0.25, -0.2) is 0 Å². The molecular formula is C15H23N3O. The van der Waals surface area contributed by atoms with Crippen LogP contribution in [0.2, 0.25) is 0 Å². The topological polar surface area (TPSA) is 59.2 Å². The van der Waals surface area contributed by atoms with Crippen molar-refractivity contribution in [3.8, 4) is 0 Å². The van der Waals surface area contributed by atoms with Crippen molar-refractivity contribution in [2.45, 2.75) is 39.2 Å². The second-order valence-corrected chi connectivity index (χ2v) is 5.54. The first-order valence-corrected chi connectivity index (χ1v) is 7.01. The van der Waals surface area contributed by atoms with Crippen LogP contribution in [0.4, 0.5) is 0 Å². The van der Waals surface area contributed by atoms with E-state index in [2.05, 4.69) is 4.98 Å². The Morgan fingerprint density at radius 1 is 1.63 bits per heavy atom. The molecule has 0 spiro atoms. The largest absolute Gasteiger partial charge is 0.342 e. The number of pyridine rings is 1. The maximum Gasteiger partial charge on any atom is 0.228 e. The molecule has 4 nitrogen and oxygen atoms in total. The van der Waals surface area contributed by atoms with Crippen LogP contribution in [0.15, 0.2) is 18.3 Å². The fourth-order valence-electron chi connectivity index (χ4n) is 2.62. The van der Waals surface area contributed by atoms with Crippen LogP contribution in [0, 0.1) is 12.8 Å². The summed E-state index contributed by atoms with van der Waals surface area (Å²) in [4.78, 5) is 18.6. The highest BCUT2D eigenvalue weighted by atomic mass is 16.2. The van der Waals surface area contributed by atoms with Gasteiger partial charge in [-0.15, -0.1) is 0 Å². The molecule has 1 amide bonds. The third-order valence-electron chi connectivity index (χ3n) is 3.99. The molecule has 2 heterocycles. The van der Waals surface area contributed by atoms with Crippen molar-refractivity contribution >= 4 is 5.91 Å². The average molecular weight is 261 g/mol. The molecule has 1 aliphatic heterocycles. The minimum atomic E-state index is 0.159. The Morgan fingerprint density at radius 2 is 2.42 bits per heavy atom. The summed E-state index contributed by atoms with van der Waals surface area (Å²) in [6, 6.07) is 4.06. The molecule has 4 heteroatoms. The first-order chi connectivity index (χ1) is 9.08. The Labute approximate surface area is 115 Å². The van der Waals surface area contributed by atoms with Gasteiger partial charge in [-0.05, 0) is 44.2 Å². The molecule has 1 saturated heterocycles. The van der Waals surface area contributed by atoms with Crippen LogP contribution in [0.25, 0.3) is 0 Å². The van der Waals surface area contributed by atoms with Crippen molar-refractivity contribution in [3.63, 3.8) is 0 Å². The third-order valence-corrected chi connectivity index (χ3v) is 3.99. The Morgan fingerprint density at radius 3 is 3.11 bits per heavy atom. The van der Waals surface area contributed by atoms with Gasteiger partial charge < -0.3 is 10.6 Å². The van der Waals surface area contributed by atoms with Gasteiger partial charge in [0.1, 0.15) is 0 Å². The van der Waals surface area contributed by atoms with Crippen molar-refractivity contribution < 1.29 is 4.79 Å². The van der Waals surface area contributed by atoms with Crippen LogP contribution >= 0.6 is 0 Å². The number of hydrogen-bond acceptors (Lipinski definition) is 3. The number of carbonyl (C=O) groups is 1. The van der Waals surface area contributed by atoms with E-state index in [-0.39, 0.29) is 11.9 Å². The van der Waals surface area contributed by atoms with Gasteiger partial charge in [0.2, 0.25) is 5.91 Å². The van der Waals surface area contributed by atoms with E-state index in [9.17, 15) is 4.79 Å². The van der Waals surface area contributed by atoms with Gasteiger partial charge in [-0.2, -0.15) is 0 Å². The number of aromatic nitrogens is 1. The number of aryl methyl sites for hydroxylation is 1. The number of nitrogens with zero attached hydrogens (tertiary/aromatic N) is 2. The molecule has 1 aliphatic rings. The molecule has 0 aromatic carbocycles. The fraction of sp³-hybridized carbons (Fsp3) is 0.600. The van der Waals surface area contributed by atoms with Gasteiger partial charge >= 0.3 is 0 Å². The van der Waals surface area contributed by atoms with Crippen LogP contribution in [-0.4, -0.2) is 34.9 Å². The summed E-state index contributed by atoms with van der Waals surface area (Å²) < 4.78 is 0. The van der Waals surface area contributed by atoms with Gasteiger partial charge in [0.25, 0.3) is 0 Å². The quantitative estimate of drug-likeness (QED) is 0.897. The lowest BCUT2D eigenvalue weighted by molar-refractivity contribution is -0.132. The summed E-state index contributed by atoms with van der Waals surface area (Å²) >= 11 is 0. The van der Waals surface area contributed by atoms with E-state index in [1.165, 1.54) is 0 Å². The number of piperidine rings is 1. The predicted octanol–water partition coefficient (Wildman–Crippen LogP) is 1.52. The normalized spacial score (nSPS) is 21.2. The Kier molecular flexibility index (Phi) is 4.53. The van der Waals surface area contributed by atoms with Gasteiger partial charge in [0.15, 0.2) is 0 Å². The number of hydrogen-bond donors (Lipinski definition) is 1. The van der Waals surface area contributed by atoms with E-state index >= 15 is 0 Å². The van der Waals surface area contributed by atoms with E-state index in [1.807, 2.05) is 30.9 Å². The minimum absolute atomic E-state index is 0.159. The molecule has 0 bridgehead atoms. The maximum atomic E-state index is 12.3. The third kappa shape index (κ3) is 3.53. The highest BCUT2D eigenvalue weighted by Gasteiger charge is 2.26. The summed E-state index contributed by atoms with van der Waals surface area (Å²) in [5, 5.41) is 0. The minimum Gasteiger partial charge on any atom is -0.342 e. The van der Waals surface area contributed by atoms with Crippen LogP contribution < -0.4 is 5.73 Å². The van der Waals surface area contributed by atoms with Gasteiger partial charge in [0, 0.05) is 25.3 Å². The van der Waals surface area contributed by atoms with Crippen molar-refractivity contribution in [1.29, 1.82) is 0 Å². The standard InChI is InChI=1S/C15H23N3O/c1-11-5-3-7-17-14(11)9-15(19)18-8-4-6-13(10-18)12(2)16/h3,5,7,12-13H,4,6,8-10,16H2,1-2H3. The Hall–Kier alpha value is -1.42. The zero-order valence-corrected chi connectivity index (χ0v) is 11.8. The fourth-order valence-corrected chi connectivity index (χ4v) is 2.62. The van der Waals surface area contributed by atoms with E-state index in [0.29, 0.717) is 12.3 Å².